The third kappa shape index (κ3) is 5.63. The molecule has 126 valence electrons. The van der Waals surface area contributed by atoms with Gasteiger partial charge >= 0.3 is 0 Å². The Bertz CT molecular complexity index is 422. The Morgan fingerprint density at radius 3 is 2.55 bits per heavy atom. The van der Waals surface area contributed by atoms with Gasteiger partial charge in [-0.1, -0.05) is 31.5 Å². The van der Waals surface area contributed by atoms with Crippen molar-refractivity contribution in [3.05, 3.63) is 0 Å². The van der Waals surface area contributed by atoms with Crippen LogP contribution in [0.4, 0.5) is 0 Å². The molecule has 0 spiro atoms. The molecule has 1 atom stereocenters. The third-order valence-corrected chi connectivity index (χ3v) is 4.49. The highest BCUT2D eigenvalue weighted by molar-refractivity contribution is 8.15. The van der Waals surface area contributed by atoms with E-state index in [1.54, 1.807) is 4.90 Å². The van der Waals surface area contributed by atoms with Gasteiger partial charge in [0.2, 0.25) is 11.8 Å². The lowest BCUT2D eigenvalue weighted by molar-refractivity contribution is -0.130. The van der Waals surface area contributed by atoms with E-state index in [0.717, 1.165) is 24.4 Å². The molecule has 0 aromatic rings. The van der Waals surface area contributed by atoms with Crippen LogP contribution in [0.5, 0.6) is 0 Å². The molecular weight excluding hydrogens is 298 g/mol. The summed E-state index contributed by atoms with van der Waals surface area (Å²) in [6, 6.07) is 0.202. The number of hydrogen-bond acceptors (Lipinski definition) is 4. The predicted molar refractivity (Wildman–Crippen MR) is 93.1 cm³/mol. The van der Waals surface area contributed by atoms with Crippen molar-refractivity contribution < 1.29 is 9.59 Å². The van der Waals surface area contributed by atoms with Crippen LogP contribution in [-0.4, -0.2) is 45.8 Å². The molecule has 2 amide bonds. The Labute approximate surface area is 138 Å². The molecule has 0 aromatic heterocycles. The van der Waals surface area contributed by atoms with Crippen molar-refractivity contribution in [3.8, 4) is 0 Å². The molecule has 6 heteroatoms. The van der Waals surface area contributed by atoms with Gasteiger partial charge in [-0.2, -0.15) is 0 Å². The average Bonchev–Trinajstić information content (AvgIpc) is 2.70. The van der Waals surface area contributed by atoms with Gasteiger partial charge in [-0.15, -0.1) is 0 Å². The van der Waals surface area contributed by atoms with E-state index in [0.29, 0.717) is 6.54 Å². The fourth-order valence-corrected chi connectivity index (χ4v) is 3.63. The molecular formula is C16H29N3O2S. The van der Waals surface area contributed by atoms with E-state index in [4.69, 9.17) is 0 Å². The minimum Gasteiger partial charge on any atom is -0.356 e. The smallest absolute Gasteiger partial charge is 0.242 e. The highest BCUT2D eigenvalue weighted by atomic mass is 32.2. The van der Waals surface area contributed by atoms with Crippen LogP contribution in [0.1, 0.15) is 60.3 Å². The standard InChI is InChI=1S/C16H29N3O2S/c1-6-7-8-9-17-14(20)10-13-15(21)19(12(4)5)16(22-13)18-11(2)3/h11-13H,6-10H2,1-5H3,(H,17,20). The van der Waals surface area contributed by atoms with E-state index in [2.05, 4.69) is 17.2 Å². The minimum absolute atomic E-state index is 0.00288. The molecule has 22 heavy (non-hydrogen) atoms. The second-order valence-electron chi connectivity index (χ2n) is 6.18. The maximum absolute atomic E-state index is 12.5. The van der Waals surface area contributed by atoms with Crippen molar-refractivity contribution in [1.82, 2.24) is 10.2 Å². The van der Waals surface area contributed by atoms with Crippen LogP contribution < -0.4 is 5.32 Å². The van der Waals surface area contributed by atoms with Crippen molar-refractivity contribution in [2.75, 3.05) is 6.54 Å². The summed E-state index contributed by atoms with van der Waals surface area (Å²) >= 11 is 1.42. The molecule has 0 aliphatic carbocycles. The van der Waals surface area contributed by atoms with Crippen LogP contribution in [-0.2, 0) is 9.59 Å². The monoisotopic (exact) mass is 327 g/mol. The number of amidine groups is 1. The Hall–Kier alpha value is -1.04. The van der Waals surface area contributed by atoms with Crippen molar-refractivity contribution in [2.45, 2.75) is 77.6 Å². The second kappa shape index (κ2) is 9.18. The zero-order chi connectivity index (χ0) is 16.7. The van der Waals surface area contributed by atoms with E-state index in [-0.39, 0.29) is 35.6 Å². The first-order valence-corrected chi connectivity index (χ1v) is 9.09. The van der Waals surface area contributed by atoms with Gasteiger partial charge in [0.1, 0.15) is 5.25 Å². The molecule has 1 fully saturated rings. The van der Waals surface area contributed by atoms with Gasteiger partial charge in [0, 0.05) is 25.0 Å². The summed E-state index contributed by atoms with van der Waals surface area (Å²) in [6.45, 7) is 10.8. The molecule has 1 N–H and O–H groups in total. The lowest BCUT2D eigenvalue weighted by atomic mass is 10.2. The first-order valence-electron chi connectivity index (χ1n) is 8.21. The van der Waals surface area contributed by atoms with Crippen LogP contribution in [0.25, 0.3) is 0 Å². The summed E-state index contributed by atoms with van der Waals surface area (Å²) in [5, 5.41) is 3.31. The van der Waals surface area contributed by atoms with E-state index in [1.807, 2.05) is 27.7 Å². The number of rotatable bonds is 8. The van der Waals surface area contributed by atoms with E-state index in [1.165, 1.54) is 11.8 Å². The highest BCUT2D eigenvalue weighted by Crippen LogP contribution is 2.31. The molecule has 1 unspecified atom stereocenters. The quantitative estimate of drug-likeness (QED) is 0.697. The highest BCUT2D eigenvalue weighted by Gasteiger charge is 2.40. The Kier molecular flexibility index (Phi) is 7.93. The summed E-state index contributed by atoms with van der Waals surface area (Å²) < 4.78 is 0. The number of amides is 2. The molecule has 0 bridgehead atoms. The minimum atomic E-state index is -0.342. The maximum atomic E-state index is 12.5. The van der Waals surface area contributed by atoms with Crippen LogP contribution in [0.3, 0.4) is 0 Å². The lowest BCUT2D eigenvalue weighted by Gasteiger charge is -2.21. The topological polar surface area (TPSA) is 61.8 Å². The number of carbonyl (C=O) groups is 2. The van der Waals surface area contributed by atoms with Gasteiger partial charge in [0.05, 0.1) is 0 Å². The first-order chi connectivity index (χ1) is 10.4. The molecule has 0 aromatic carbocycles. The summed E-state index contributed by atoms with van der Waals surface area (Å²) in [7, 11) is 0. The van der Waals surface area contributed by atoms with Crippen molar-refractivity contribution in [1.29, 1.82) is 0 Å². The molecule has 1 aliphatic rings. The van der Waals surface area contributed by atoms with E-state index in [9.17, 15) is 9.59 Å². The summed E-state index contributed by atoms with van der Waals surface area (Å²) in [5.74, 6) is -0.0421. The number of nitrogens with zero attached hydrogens (tertiary/aromatic N) is 2. The second-order valence-corrected chi connectivity index (χ2v) is 7.34. The van der Waals surface area contributed by atoms with Crippen LogP contribution in [0, 0.1) is 0 Å². The van der Waals surface area contributed by atoms with Gasteiger partial charge in [0.15, 0.2) is 5.17 Å². The zero-order valence-corrected chi connectivity index (χ0v) is 15.2. The van der Waals surface area contributed by atoms with Gasteiger partial charge < -0.3 is 5.32 Å². The average molecular weight is 327 g/mol. The number of thioether (sulfide) groups is 1. The number of hydrogen-bond donors (Lipinski definition) is 1. The van der Waals surface area contributed by atoms with Crippen molar-refractivity contribution in [3.63, 3.8) is 0 Å². The van der Waals surface area contributed by atoms with E-state index >= 15 is 0 Å². The number of unbranched alkanes of at least 4 members (excludes halogenated alkanes) is 2. The fourth-order valence-electron chi connectivity index (χ4n) is 2.25. The maximum Gasteiger partial charge on any atom is 0.242 e. The predicted octanol–water partition coefficient (Wildman–Crippen LogP) is 2.80. The van der Waals surface area contributed by atoms with Crippen molar-refractivity contribution >= 4 is 28.7 Å². The fraction of sp³-hybridized carbons (Fsp3) is 0.812. The first kappa shape index (κ1) is 19.0. The number of nitrogens with one attached hydrogen (secondary N) is 1. The van der Waals surface area contributed by atoms with Crippen molar-refractivity contribution in [2.24, 2.45) is 4.99 Å². The number of aliphatic imine (C=N–C) groups is 1. The third-order valence-electron chi connectivity index (χ3n) is 3.32. The zero-order valence-electron chi connectivity index (χ0n) is 14.4. The molecule has 5 nitrogen and oxygen atoms in total. The summed E-state index contributed by atoms with van der Waals surface area (Å²) in [4.78, 5) is 30.7. The Balaban J connectivity index is 2.61. The van der Waals surface area contributed by atoms with Crippen LogP contribution >= 0.6 is 11.8 Å². The molecule has 1 saturated heterocycles. The normalized spacial score (nSPS) is 20.5. The molecule has 1 aliphatic heterocycles. The van der Waals surface area contributed by atoms with Gasteiger partial charge in [0.25, 0.3) is 0 Å². The summed E-state index contributed by atoms with van der Waals surface area (Å²) in [6.07, 6.45) is 3.47. The SMILES string of the molecule is CCCCCNC(=O)CC1SC(=NC(C)C)N(C(C)C)C1=O. The number of carbonyl (C=O) groups excluding carboxylic acids is 2. The van der Waals surface area contributed by atoms with Crippen LogP contribution in [0.15, 0.2) is 4.99 Å². The van der Waals surface area contributed by atoms with Gasteiger partial charge in [-0.05, 0) is 34.1 Å². The molecule has 0 radical (unpaired) electrons. The Morgan fingerprint density at radius 2 is 2.00 bits per heavy atom. The Morgan fingerprint density at radius 1 is 1.32 bits per heavy atom. The van der Waals surface area contributed by atoms with Gasteiger partial charge in [-0.3, -0.25) is 19.5 Å². The van der Waals surface area contributed by atoms with Crippen LogP contribution in [0.2, 0.25) is 0 Å². The molecule has 0 saturated carbocycles. The molecule has 1 heterocycles. The largest absolute Gasteiger partial charge is 0.356 e. The molecule has 1 rings (SSSR count). The lowest BCUT2D eigenvalue weighted by Crippen LogP contribution is -2.39. The van der Waals surface area contributed by atoms with Gasteiger partial charge in [-0.25, -0.2) is 0 Å². The summed E-state index contributed by atoms with van der Waals surface area (Å²) in [5.41, 5.74) is 0. The van der Waals surface area contributed by atoms with E-state index < -0.39 is 0 Å².